The molecule has 0 radical (unpaired) electrons. The van der Waals surface area contributed by atoms with Gasteiger partial charge in [-0.3, -0.25) is 0 Å². The molecule has 0 saturated carbocycles. The molecule has 0 spiro atoms. The number of nitrogens with one attached hydrogen (secondary N) is 1. The van der Waals surface area contributed by atoms with Crippen LogP contribution >= 0.6 is 0 Å². The Hall–Kier alpha value is -1.75. The van der Waals surface area contributed by atoms with E-state index in [4.69, 9.17) is 4.42 Å². The van der Waals surface area contributed by atoms with E-state index >= 15 is 0 Å². The van der Waals surface area contributed by atoms with Crippen LogP contribution in [0.4, 0.5) is 13.2 Å². The first-order valence-corrected chi connectivity index (χ1v) is 5.40. The second kappa shape index (κ2) is 4.86. The summed E-state index contributed by atoms with van der Waals surface area (Å²) in [6.45, 7) is 0. The average molecular weight is 255 g/mol. The van der Waals surface area contributed by atoms with E-state index in [1.165, 1.54) is 12.3 Å². The van der Waals surface area contributed by atoms with Gasteiger partial charge in [0.2, 0.25) is 0 Å². The van der Waals surface area contributed by atoms with E-state index < -0.39 is 11.7 Å². The lowest BCUT2D eigenvalue weighted by molar-refractivity contribution is -0.137. The number of hydrogen-bond donors (Lipinski definition) is 1. The minimum absolute atomic E-state index is 0.387. The molecule has 0 amide bonds. The lowest BCUT2D eigenvalue weighted by Crippen LogP contribution is -2.18. The van der Waals surface area contributed by atoms with Crippen LogP contribution in [-0.2, 0) is 6.18 Å². The predicted molar refractivity (Wildman–Crippen MR) is 61.1 cm³/mol. The summed E-state index contributed by atoms with van der Waals surface area (Å²) in [7, 11) is 1.67. The van der Waals surface area contributed by atoms with Crippen molar-refractivity contribution in [2.75, 3.05) is 7.05 Å². The molecule has 96 valence electrons. The van der Waals surface area contributed by atoms with E-state index in [1.54, 1.807) is 25.2 Å². The third-order valence-electron chi connectivity index (χ3n) is 2.66. The molecule has 1 N–H and O–H groups in total. The summed E-state index contributed by atoms with van der Waals surface area (Å²) in [4.78, 5) is 0. The molecular formula is C13H12F3NO. The van der Waals surface area contributed by atoms with E-state index in [0.29, 0.717) is 11.3 Å². The first kappa shape index (κ1) is 12.7. The van der Waals surface area contributed by atoms with Crippen molar-refractivity contribution in [2.45, 2.75) is 12.2 Å². The maximum Gasteiger partial charge on any atom is 0.416 e. The number of halogens is 3. The molecule has 0 bridgehead atoms. The molecule has 0 saturated heterocycles. The highest BCUT2D eigenvalue weighted by Gasteiger charge is 2.31. The molecule has 0 aliphatic rings. The van der Waals surface area contributed by atoms with Crippen molar-refractivity contribution >= 4 is 0 Å². The van der Waals surface area contributed by atoms with Gasteiger partial charge in [0.05, 0.1) is 17.9 Å². The second-order valence-corrected chi connectivity index (χ2v) is 3.86. The van der Waals surface area contributed by atoms with Crippen LogP contribution in [0.5, 0.6) is 0 Å². The number of benzene rings is 1. The zero-order valence-corrected chi connectivity index (χ0v) is 9.66. The Balaban J connectivity index is 2.38. The standard InChI is InChI=1S/C13H12F3NO/c1-17-12(11-6-3-7-18-11)9-4-2-5-10(8-9)13(14,15)16/h2-8,12,17H,1H3. The maximum absolute atomic E-state index is 12.6. The average Bonchev–Trinajstić information content (AvgIpc) is 2.83. The molecule has 18 heavy (non-hydrogen) atoms. The van der Waals surface area contributed by atoms with E-state index in [9.17, 15) is 13.2 Å². The molecule has 1 heterocycles. The van der Waals surface area contributed by atoms with Gasteiger partial charge >= 0.3 is 6.18 Å². The van der Waals surface area contributed by atoms with Crippen molar-refractivity contribution < 1.29 is 17.6 Å². The zero-order chi connectivity index (χ0) is 13.2. The highest BCUT2D eigenvalue weighted by molar-refractivity contribution is 5.32. The lowest BCUT2D eigenvalue weighted by atomic mass is 10.0. The number of furan rings is 1. The Morgan fingerprint density at radius 2 is 1.94 bits per heavy atom. The van der Waals surface area contributed by atoms with E-state index in [1.807, 2.05) is 0 Å². The molecule has 0 fully saturated rings. The van der Waals surface area contributed by atoms with E-state index in [0.717, 1.165) is 12.1 Å². The summed E-state index contributed by atoms with van der Waals surface area (Å²) in [6, 6.07) is 8.25. The van der Waals surface area contributed by atoms with E-state index in [2.05, 4.69) is 5.32 Å². The minimum Gasteiger partial charge on any atom is -0.467 e. The molecule has 0 aliphatic heterocycles. The Morgan fingerprint density at radius 3 is 2.50 bits per heavy atom. The first-order valence-electron chi connectivity index (χ1n) is 5.40. The molecule has 5 heteroatoms. The van der Waals surface area contributed by atoms with Crippen molar-refractivity contribution in [2.24, 2.45) is 0 Å². The van der Waals surface area contributed by atoms with Crippen molar-refractivity contribution in [1.82, 2.24) is 5.32 Å². The summed E-state index contributed by atoms with van der Waals surface area (Å²) in [6.07, 6.45) is -2.84. The Kier molecular flexibility index (Phi) is 3.43. The molecule has 2 rings (SSSR count). The van der Waals surface area contributed by atoms with Gasteiger partial charge in [-0.15, -0.1) is 0 Å². The Morgan fingerprint density at radius 1 is 1.17 bits per heavy atom. The van der Waals surface area contributed by atoms with Gasteiger partial charge in [-0.05, 0) is 36.9 Å². The molecule has 2 aromatic rings. The van der Waals surface area contributed by atoms with Crippen LogP contribution in [0.15, 0.2) is 47.1 Å². The first-order chi connectivity index (χ1) is 8.52. The highest BCUT2D eigenvalue weighted by Crippen LogP contribution is 2.32. The maximum atomic E-state index is 12.6. The minimum atomic E-state index is -4.34. The van der Waals surface area contributed by atoms with Crippen LogP contribution in [0.25, 0.3) is 0 Å². The molecule has 1 aromatic carbocycles. The predicted octanol–water partition coefficient (Wildman–Crippen LogP) is 3.61. The Labute approximate surface area is 102 Å². The van der Waals surface area contributed by atoms with Crippen molar-refractivity contribution in [3.05, 3.63) is 59.5 Å². The zero-order valence-electron chi connectivity index (χ0n) is 9.66. The van der Waals surface area contributed by atoms with Crippen LogP contribution in [0.1, 0.15) is 22.9 Å². The van der Waals surface area contributed by atoms with E-state index in [-0.39, 0.29) is 6.04 Å². The fourth-order valence-electron chi connectivity index (χ4n) is 1.82. The Bertz CT molecular complexity index is 505. The van der Waals surface area contributed by atoms with Gasteiger partial charge in [0, 0.05) is 0 Å². The molecule has 1 aromatic heterocycles. The fourth-order valence-corrected chi connectivity index (χ4v) is 1.82. The van der Waals surface area contributed by atoms with Gasteiger partial charge in [0.15, 0.2) is 0 Å². The van der Waals surface area contributed by atoms with Crippen LogP contribution in [0.2, 0.25) is 0 Å². The van der Waals surface area contributed by atoms with Crippen LogP contribution in [-0.4, -0.2) is 7.05 Å². The summed E-state index contributed by atoms with van der Waals surface area (Å²) < 4.78 is 43.1. The van der Waals surface area contributed by atoms with Crippen LogP contribution in [0, 0.1) is 0 Å². The lowest BCUT2D eigenvalue weighted by Gasteiger charge is -2.16. The molecule has 1 atom stereocenters. The number of rotatable bonds is 3. The third-order valence-corrected chi connectivity index (χ3v) is 2.66. The topological polar surface area (TPSA) is 25.2 Å². The van der Waals surface area contributed by atoms with Gasteiger partial charge in [-0.2, -0.15) is 13.2 Å². The second-order valence-electron chi connectivity index (χ2n) is 3.86. The summed E-state index contributed by atoms with van der Waals surface area (Å²) in [5, 5.41) is 2.94. The van der Waals surface area contributed by atoms with Gasteiger partial charge in [-0.1, -0.05) is 12.1 Å². The summed E-state index contributed by atoms with van der Waals surface area (Å²) >= 11 is 0. The quantitative estimate of drug-likeness (QED) is 0.906. The van der Waals surface area contributed by atoms with Crippen LogP contribution in [0.3, 0.4) is 0 Å². The molecule has 0 aliphatic carbocycles. The normalized spacial score (nSPS) is 13.6. The van der Waals surface area contributed by atoms with Crippen LogP contribution < -0.4 is 5.32 Å². The van der Waals surface area contributed by atoms with Crippen molar-refractivity contribution in [3.63, 3.8) is 0 Å². The highest BCUT2D eigenvalue weighted by atomic mass is 19.4. The smallest absolute Gasteiger partial charge is 0.416 e. The number of alkyl halides is 3. The fraction of sp³-hybridized carbons (Fsp3) is 0.231. The van der Waals surface area contributed by atoms with Gasteiger partial charge in [0.1, 0.15) is 5.76 Å². The monoisotopic (exact) mass is 255 g/mol. The third kappa shape index (κ3) is 2.56. The molecule has 2 nitrogen and oxygen atoms in total. The largest absolute Gasteiger partial charge is 0.467 e. The van der Waals surface area contributed by atoms with Gasteiger partial charge < -0.3 is 9.73 Å². The summed E-state index contributed by atoms with van der Waals surface area (Å²) in [5.41, 5.74) is -0.144. The SMILES string of the molecule is CNC(c1cccc(C(F)(F)F)c1)c1ccco1. The molecule has 1 unspecified atom stereocenters. The van der Waals surface area contributed by atoms with Crippen molar-refractivity contribution in [1.29, 1.82) is 0 Å². The van der Waals surface area contributed by atoms with Crippen molar-refractivity contribution in [3.8, 4) is 0 Å². The number of hydrogen-bond acceptors (Lipinski definition) is 2. The molecular weight excluding hydrogens is 243 g/mol. The van der Waals surface area contributed by atoms with Gasteiger partial charge in [0.25, 0.3) is 0 Å². The van der Waals surface area contributed by atoms with Gasteiger partial charge in [-0.25, -0.2) is 0 Å². The summed E-state index contributed by atoms with van der Waals surface area (Å²) in [5.74, 6) is 0.580.